The highest BCUT2D eigenvalue weighted by Crippen LogP contribution is 2.28. The van der Waals surface area contributed by atoms with Gasteiger partial charge in [0.05, 0.1) is 17.2 Å². The van der Waals surface area contributed by atoms with Crippen molar-refractivity contribution in [2.24, 2.45) is 0 Å². The van der Waals surface area contributed by atoms with Crippen molar-refractivity contribution in [3.05, 3.63) is 87.4 Å². The van der Waals surface area contributed by atoms with Crippen molar-refractivity contribution < 1.29 is 17.9 Å². The van der Waals surface area contributed by atoms with Crippen LogP contribution in [0.15, 0.2) is 71.6 Å². The number of halogens is 3. The Kier molecular flexibility index (Phi) is 8.03. The maximum atomic E-state index is 13.2. The summed E-state index contributed by atoms with van der Waals surface area (Å²) in [6.45, 7) is 0. The highest BCUT2D eigenvalue weighted by Gasteiger charge is 2.28. The molecular weight excluding hydrogens is 495 g/mol. The van der Waals surface area contributed by atoms with Crippen LogP contribution in [0, 0.1) is 0 Å². The van der Waals surface area contributed by atoms with E-state index in [0.29, 0.717) is 10.7 Å². The van der Waals surface area contributed by atoms with Crippen LogP contribution in [0.1, 0.15) is 5.56 Å². The Labute approximate surface area is 201 Å². The van der Waals surface area contributed by atoms with E-state index in [1.165, 1.54) is 37.4 Å². The van der Waals surface area contributed by atoms with Crippen LogP contribution in [0.4, 0.5) is 5.69 Å². The Morgan fingerprint density at radius 1 is 0.969 bits per heavy atom. The molecule has 1 atom stereocenters. The molecule has 2 N–H and O–H groups in total. The summed E-state index contributed by atoms with van der Waals surface area (Å²) in [6.07, 6.45) is 0.107. The Hall–Kier alpha value is -2.29. The quantitative estimate of drug-likeness (QED) is 0.434. The average Bonchev–Trinajstić information content (AvgIpc) is 2.76. The van der Waals surface area contributed by atoms with Gasteiger partial charge in [0.15, 0.2) is 0 Å². The van der Waals surface area contributed by atoms with Crippen LogP contribution in [-0.2, 0) is 21.2 Å². The van der Waals surface area contributed by atoms with Crippen molar-refractivity contribution in [3.63, 3.8) is 0 Å². The second kappa shape index (κ2) is 10.6. The van der Waals surface area contributed by atoms with Crippen molar-refractivity contribution in [1.82, 2.24) is 4.72 Å². The third kappa shape index (κ3) is 6.15. The van der Waals surface area contributed by atoms with Gasteiger partial charge in [-0.05, 0) is 48.4 Å². The number of anilines is 1. The van der Waals surface area contributed by atoms with Gasteiger partial charge in [0.25, 0.3) is 0 Å². The van der Waals surface area contributed by atoms with Gasteiger partial charge in [-0.25, -0.2) is 8.42 Å². The van der Waals surface area contributed by atoms with Crippen molar-refractivity contribution in [1.29, 1.82) is 0 Å². The smallest absolute Gasteiger partial charge is 0.245 e. The number of carbonyl (C=O) groups excluding carboxylic acids is 1. The first-order chi connectivity index (χ1) is 15.2. The summed E-state index contributed by atoms with van der Waals surface area (Å²) >= 11 is 17.9. The second-order valence-electron chi connectivity index (χ2n) is 6.78. The number of methoxy groups -OCH3 is 1. The summed E-state index contributed by atoms with van der Waals surface area (Å²) in [5.74, 6) is -0.470. The minimum Gasteiger partial charge on any atom is -0.495 e. The lowest BCUT2D eigenvalue weighted by Crippen LogP contribution is -2.45. The molecule has 6 nitrogen and oxygen atoms in total. The van der Waals surface area contributed by atoms with Crippen LogP contribution < -0.4 is 14.8 Å². The van der Waals surface area contributed by atoms with Crippen molar-refractivity contribution >= 4 is 56.4 Å². The molecule has 0 aliphatic rings. The molecule has 3 rings (SSSR count). The van der Waals surface area contributed by atoms with E-state index >= 15 is 0 Å². The summed E-state index contributed by atoms with van der Waals surface area (Å²) in [7, 11) is -2.82. The standard InChI is InChI=1S/C22H19Cl3N2O4S/c1-31-20-10-7-15(23)12-21(20)32(29,30)27-19(11-14-5-3-2-4-6-14)22(28)26-16-8-9-17(24)18(25)13-16/h2-10,12-13,19,27H,11H2,1H3,(H,26,28). The molecule has 0 spiro atoms. The normalized spacial score (nSPS) is 12.2. The van der Waals surface area contributed by atoms with Crippen LogP contribution >= 0.6 is 34.8 Å². The molecule has 3 aromatic carbocycles. The highest BCUT2D eigenvalue weighted by atomic mass is 35.5. The number of amides is 1. The Bertz CT molecular complexity index is 1220. The van der Waals surface area contributed by atoms with E-state index in [9.17, 15) is 13.2 Å². The number of sulfonamides is 1. The molecule has 1 unspecified atom stereocenters. The fourth-order valence-corrected chi connectivity index (χ4v) is 4.88. The number of carbonyl (C=O) groups is 1. The van der Waals surface area contributed by atoms with Gasteiger partial charge in [-0.3, -0.25) is 4.79 Å². The van der Waals surface area contributed by atoms with E-state index in [-0.39, 0.29) is 27.1 Å². The van der Waals surface area contributed by atoms with Crippen LogP contribution in [0.2, 0.25) is 15.1 Å². The molecule has 0 saturated heterocycles. The summed E-state index contributed by atoms with van der Waals surface area (Å²) in [4.78, 5) is 12.9. The van der Waals surface area contributed by atoms with Crippen LogP contribution in [0.3, 0.4) is 0 Å². The Morgan fingerprint density at radius 2 is 1.69 bits per heavy atom. The zero-order chi connectivity index (χ0) is 23.3. The average molecular weight is 514 g/mol. The summed E-state index contributed by atoms with van der Waals surface area (Å²) < 4.78 is 33.9. The predicted octanol–water partition coefficient (Wildman–Crippen LogP) is 5.18. The van der Waals surface area contributed by atoms with E-state index in [4.69, 9.17) is 39.5 Å². The van der Waals surface area contributed by atoms with Crippen LogP contribution in [0.5, 0.6) is 5.75 Å². The monoisotopic (exact) mass is 512 g/mol. The van der Waals surface area contributed by atoms with E-state index in [1.807, 2.05) is 6.07 Å². The lowest BCUT2D eigenvalue weighted by molar-refractivity contribution is -0.117. The van der Waals surface area contributed by atoms with Gasteiger partial charge < -0.3 is 10.1 Å². The second-order valence-corrected chi connectivity index (χ2v) is 9.71. The molecular formula is C22H19Cl3N2O4S. The van der Waals surface area contributed by atoms with E-state index in [1.54, 1.807) is 30.3 Å². The third-order valence-electron chi connectivity index (χ3n) is 4.50. The van der Waals surface area contributed by atoms with Gasteiger partial charge in [0.1, 0.15) is 16.7 Å². The minimum absolute atomic E-state index is 0.102. The largest absolute Gasteiger partial charge is 0.495 e. The number of hydrogen-bond donors (Lipinski definition) is 2. The van der Waals surface area contributed by atoms with E-state index in [2.05, 4.69) is 10.0 Å². The van der Waals surface area contributed by atoms with E-state index < -0.39 is 22.0 Å². The van der Waals surface area contributed by atoms with Gasteiger partial charge in [0, 0.05) is 10.7 Å². The lowest BCUT2D eigenvalue weighted by Gasteiger charge is -2.20. The van der Waals surface area contributed by atoms with Gasteiger partial charge >= 0.3 is 0 Å². The van der Waals surface area contributed by atoms with Crippen molar-refractivity contribution in [2.75, 3.05) is 12.4 Å². The highest BCUT2D eigenvalue weighted by molar-refractivity contribution is 7.89. The molecule has 32 heavy (non-hydrogen) atoms. The number of hydrogen-bond acceptors (Lipinski definition) is 4. The van der Waals surface area contributed by atoms with Gasteiger partial charge in [-0.1, -0.05) is 65.1 Å². The number of benzene rings is 3. The lowest BCUT2D eigenvalue weighted by atomic mass is 10.1. The van der Waals surface area contributed by atoms with Crippen molar-refractivity contribution in [2.45, 2.75) is 17.4 Å². The van der Waals surface area contributed by atoms with E-state index in [0.717, 1.165) is 5.56 Å². The number of rotatable bonds is 8. The molecule has 0 aliphatic carbocycles. The Morgan fingerprint density at radius 3 is 2.34 bits per heavy atom. The number of nitrogens with one attached hydrogen (secondary N) is 2. The molecule has 0 heterocycles. The molecule has 10 heteroatoms. The number of ether oxygens (including phenoxy) is 1. The fourth-order valence-electron chi connectivity index (χ4n) is 2.95. The van der Waals surface area contributed by atoms with Gasteiger partial charge in [0.2, 0.25) is 15.9 Å². The zero-order valence-corrected chi connectivity index (χ0v) is 19.9. The third-order valence-corrected chi connectivity index (χ3v) is 6.97. The molecule has 168 valence electrons. The van der Waals surface area contributed by atoms with Crippen LogP contribution in [-0.4, -0.2) is 27.5 Å². The maximum Gasteiger partial charge on any atom is 0.245 e. The van der Waals surface area contributed by atoms with Gasteiger partial charge in [-0.15, -0.1) is 0 Å². The molecule has 0 saturated carbocycles. The van der Waals surface area contributed by atoms with Gasteiger partial charge in [-0.2, -0.15) is 4.72 Å². The molecule has 0 radical (unpaired) electrons. The molecule has 3 aromatic rings. The summed E-state index contributed by atoms with van der Waals surface area (Å²) in [5.41, 5.74) is 1.14. The SMILES string of the molecule is COc1ccc(Cl)cc1S(=O)(=O)NC(Cc1ccccc1)C(=O)Nc1ccc(Cl)c(Cl)c1. The fraction of sp³-hybridized carbons (Fsp3) is 0.136. The predicted molar refractivity (Wildman–Crippen MR) is 127 cm³/mol. The maximum absolute atomic E-state index is 13.2. The minimum atomic E-state index is -4.16. The molecule has 1 amide bonds. The molecule has 0 aromatic heterocycles. The first-order valence-electron chi connectivity index (χ1n) is 9.35. The first kappa shape index (κ1) is 24.4. The Balaban J connectivity index is 1.92. The topological polar surface area (TPSA) is 84.5 Å². The summed E-state index contributed by atoms with van der Waals surface area (Å²) in [5, 5.41) is 3.48. The first-order valence-corrected chi connectivity index (χ1v) is 12.0. The van der Waals surface area contributed by atoms with Crippen LogP contribution in [0.25, 0.3) is 0 Å². The van der Waals surface area contributed by atoms with Crippen molar-refractivity contribution in [3.8, 4) is 5.75 Å². The summed E-state index contributed by atoms with van der Waals surface area (Å²) in [6, 6.07) is 16.7. The molecule has 0 aliphatic heterocycles. The molecule has 0 bridgehead atoms. The molecule has 0 fully saturated rings. The zero-order valence-electron chi connectivity index (χ0n) is 16.8.